The molecule has 0 aliphatic rings. The topological polar surface area (TPSA) is 243 Å². The van der Waals surface area contributed by atoms with Crippen molar-refractivity contribution in [1.29, 1.82) is 0 Å². The number of aliphatic hydroxyl groups is 1. The number of hydrogen-bond acceptors (Lipinski definition) is 8. The number of rotatable bonds is 13. The van der Waals surface area contributed by atoms with E-state index in [0.29, 0.717) is 5.69 Å². The minimum absolute atomic E-state index is 0.162. The third-order valence-corrected chi connectivity index (χ3v) is 3.88. The average molecular weight is 427 g/mol. The molecule has 3 unspecified atom stereocenters. The molecule has 3 atom stereocenters. The normalized spacial score (nSPS) is 13.5. The van der Waals surface area contributed by atoms with Crippen LogP contribution in [0, 0.1) is 0 Å². The number of nitrogens with one attached hydrogen (secondary N) is 4. The molecule has 0 bridgehead atoms. The van der Waals surface area contributed by atoms with Crippen molar-refractivity contribution in [1.82, 2.24) is 25.9 Å². The smallest absolute Gasteiger partial charge is 0.328 e. The molecule has 30 heavy (non-hydrogen) atoms. The molecular weight excluding hydrogens is 402 g/mol. The SMILES string of the molecule is NC(=O)CCC(NC(=O)CNC(=O)C(N)Cc1cnc[nH]1)C(=O)NC(CO)C(=O)O. The Kier molecular flexibility index (Phi) is 9.91. The summed E-state index contributed by atoms with van der Waals surface area (Å²) in [5, 5.41) is 24.5. The number of primary amides is 1. The van der Waals surface area contributed by atoms with Gasteiger partial charge >= 0.3 is 5.97 Å². The summed E-state index contributed by atoms with van der Waals surface area (Å²) in [6, 6.07) is -3.85. The highest BCUT2D eigenvalue weighted by molar-refractivity contribution is 5.92. The van der Waals surface area contributed by atoms with Crippen LogP contribution in [0.4, 0.5) is 0 Å². The molecule has 1 heterocycles. The number of carbonyl (C=O) groups excluding carboxylic acids is 4. The van der Waals surface area contributed by atoms with Gasteiger partial charge in [0.1, 0.15) is 12.1 Å². The van der Waals surface area contributed by atoms with Gasteiger partial charge < -0.3 is 42.6 Å². The highest BCUT2D eigenvalue weighted by atomic mass is 16.4. The molecule has 0 spiro atoms. The standard InChI is InChI=1S/C16H25N7O7/c17-9(3-8-4-19-7-21-8)14(27)20-5-13(26)22-10(1-2-12(18)25)15(28)23-11(6-24)16(29)30/h4,7,9-11,24H,1-3,5-6,17H2,(H2,18,25)(H,19,21)(H,20,27)(H,22,26)(H,23,28)(H,29,30). The minimum atomic E-state index is -1.59. The van der Waals surface area contributed by atoms with Crippen LogP contribution in [0.5, 0.6) is 0 Å². The highest BCUT2D eigenvalue weighted by Gasteiger charge is 2.26. The van der Waals surface area contributed by atoms with Crippen molar-refractivity contribution in [3.8, 4) is 0 Å². The zero-order chi connectivity index (χ0) is 22.7. The van der Waals surface area contributed by atoms with Gasteiger partial charge in [-0.2, -0.15) is 0 Å². The maximum atomic E-state index is 12.2. The van der Waals surface area contributed by atoms with E-state index in [0.717, 1.165) is 0 Å². The molecule has 0 saturated heterocycles. The number of nitrogens with zero attached hydrogens (tertiary/aromatic N) is 1. The molecule has 14 heteroatoms. The van der Waals surface area contributed by atoms with Crippen LogP contribution in [0.25, 0.3) is 0 Å². The number of aliphatic carboxylic acids is 1. The largest absolute Gasteiger partial charge is 0.480 e. The molecule has 0 radical (unpaired) electrons. The second kappa shape index (κ2) is 12.1. The van der Waals surface area contributed by atoms with Crippen molar-refractivity contribution in [2.75, 3.05) is 13.2 Å². The van der Waals surface area contributed by atoms with Crippen molar-refractivity contribution in [2.45, 2.75) is 37.4 Å². The molecule has 0 aliphatic carbocycles. The first-order chi connectivity index (χ1) is 14.1. The van der Waals surface area contributed by atoms with E-state index in [4.69, 9.17) is 21.7 Å². The molecule has 10 N–H and O–H groups in total. The Morgan fingerprint density at radius 1 is 1.13 bits per heavy atom. The number of imidazole rings is 1. The molecule has 0 aliphatic heterocycles. The van der Waals surface area contributed by atoms with E-state index >= 15 is 0 Å². The Balaban J connectivity index is 2.60. The van der Waals surface area contributed by atoms with Gasteiger partial charge in [0.05, 0.1) is 25.5 Å². The Morgan fingerprint density at radius 2 is 1.83 bits per heavy atom. The molecule has 0 saturated carbocycles. The van der Waals surface area contributed by atoms with Crippen LogP contribution in [0.2, 0.25) is 0 Å². The lowest BCUT2D eigenvalue weighted by molar-refractivity contribution is -0.143. The quantitative estimate of drug-likeness (QED) is 0.151. The molecule has 1 rings (SSSR count). The van der Waals surface area contributed by atoms with Crippen molar-refractivity contribution >= 4 is 29.6 Å². The van der Waals surface area contributed by atoms with E-state index in [2.05, 4.69) is 20.6 Å². The van der Waals surface area contributed by atoms with Crippen molar-refractivity contribution in [3.05, 3.63) is 18.2 Å². The summed E-state index contributed by atoms with van der Waals surface area (Å²) in [7, 11) is 0. The monoisotopic (exact) mass is 427 g/mol. The van der Waals surface area contributed by atoms with Gasteiger partial charge in [0.15, 0.2) is 0 Å². The third-order valence-electron chi connectivity index (χ3n) is 3.88. The van der Waals surface area contributed by atoms with Crippen LogP contribution in [0.15, 0.2) is 12.5 Å². The van der Waals surface area contributed by atoms with Gasteiger partial charge in [0, 0.05) is 24.7 Å². The molecule has 4 amide bonds. The van der Waals surface area contributed by atoms with Crippen LogP contribution >= 0.6 is 0 Å². The number of carboxylic acid groups (broad SMARTS) is 1. The Hall–Kier alpha value is -3.52. The van der Waals surface area contributed by atoms with Crippen molar-refractivity contribution < 1.29 is 34.2 Å². The van der Waals surface area contributed by atoms with Crippen molar-refractivity contribution in [3.63, 3.8) is 0 Å². The number of aliphatic hydroxyl groups excluding tert-OH is 1. The fourth-order valence-corrected chi connectivity index (χ4v) is 2.28. The number of carbonyl (C=O) groups is 5. The lowest BCUT2D eigenvalue weighted by Crippen LogP contribution is -2.54. The second-order valence-electron chi connectivity index (χ2n) is 6.31. The third kappa shape index (κ3) is 8.66. The molecular formula is C16H25N7O7. The average Bonchev–Trinajstić information content (AvgIpc) is 3.19. The number of nitrogens with two attached hydrogens (primary N) is 2. The van der Waals surface area contributed by atoms with Gasteiger partial charge in [0.2, 0.25) is 23.6 Å². The van der Waals surface area contributed by atoms with Crippen LogP contribution in [0.3, 0.4) is 0 Å². The van der Waals surface area contributed by atoms with E-state index in [1.54, 1.807) is 0 Å². The van der Waals surface area contributed by atoms with E-state index in [1.165, 1.54) is 12.5 Å². The summed E-state index contributed by atoms with van der Waals surface area (Å²) >= 11 is 0. The fourth-order valence-electron chi connectivity index (χ4n) is 2.28. The van der Waals surface area contributed by atoms with Crippen LogP contribution in [-0.2, 0) is 30.4 Å². The van der Waals surface area contributed by atoms with Crippen molar-refractivity contribution in [2.24, 2.45) is 11.5 Å². The fraction of sp³-hybridized carbons (Fsp3) is 0.500. The molecule has 0 aromatic carbocycles. The summed E-state index contributed by atoms with van der Waals surface area (Å²) in [6.07, 6.45) is 2.61. The first-order valence-corrected chi connectivity index (χ1v) is 8.86. The van der Waals surface area contributed by atoms with Gasteiger partial charge in [0.25, 0.3) is 0 Å². The van der Waals surface area contributed by atoms with Gasteiger partial charge in [-0.1, -0.05) is 0 Å². The summed E-state index contributed by atoms with van der Waals surface area (Å²) in [5.41, 5.74) is 11.4. The maximum absolute atomic E-state index is 12.2. The van der Waals surface area contributed by atoms with Gasteiger partial charge in [-0.3, -0.25) is 19.2 Å². The Labute approximate surface area is 170 Å². The number of H-pyrrole nitrogens is 1. The van der Waals surface area contributed by atoms with Crippen LogP contribution in [-0.4, -0.2) is 81.1 Å². The van der Waals surface area contributed by atoms with Gasteiger partial charge in [-0.05, 0) is 6.42 Å². The molecule has 166 valence electrons. The predicted octanol–water partition coefficient (Wildman–Crippen LogP) is -4.29. The minimum Gasteiger partial charge on any atom is -0.480 e. The molecule has 0 fully saturated rings. The zero-order valence-electron chi connectivity index (χ0n) is 16.0. The maximum Gasteiger partial charge on any atom is 0.328 e. The molecule has 1 aromatic heterocycles. The number of aromatic amines is 1. The summed E-state index contributed by atoms with van der Waals surface area (Å²) in [6.45, 7) is -1.39. The Bertz CT molecular complexity index is 753. The Morgan fingerprint density at radius 3 is 2.37 bits per heavy atom. The van der Waals surface area contributed by atoms with E-state index < -0.39 is 60.9 Å². The number of hydrogen-bond donors (Lipinski definition) is 8. The predicted molar refractivity (Wildman–Crippen MR) is 100 cm³/mol. The van der Waals surface area contributed by atoms with Gasteiger partial charge in [-0.25, -0.2) is 9.78 Å². The van der Waals surface area contributed by atoms with Gasteiger partial charge in [-0.15, -0.1) is 0 Å². The number of amides is 4. The summed E-state index contributed by atoms with van der Waals surface area (Å²) < 4.78 is 0. The highest BCUT2D eigenvalue weighted by Crippen LogP contribution is 2.00. The number of aromatic nitrogens is 2. The van der Waals surface area contributed by atoms with E-state index in [9.17, 15) is 24.0 Å². The number of carboxylic acids is 1. The van der Waals surface area contributed by atoms with E-state index in [1.807, 2.05) is 5.32 Å². The van der Waals surface area contributed by atoms with Crippen LogP contribution < -0.4 is 27.4 Å². The first kappa shape index (κ1) is 24.5. The zero-order valence-corrected chi connectivity index (χ0v) is 16.0. The molecule has 1 aromatic rings. The summed E-state index contributed by atoms with van der Waals surface area (Å²) in [5.74, 6) is -4.56. The first-order valence-electron chi connectivity index (χ1n) is 8.86. The lowest BCUT2D eigenvalue weighted by atomic mass is 10.1. The lowest BCUT2D eigenvalue weighted by Gasteiger charge is -2.20. The molecule has 14 nitrogen and oxygen atoms in total. The van der Waals surface area contributed by atoms with E-state index in [-0.39, 0.29) is 19.3 Å². The summed E-state index contributed by atoms with van der Waals surface area (Å²) in [4.78, 5) is 64.8. The van der Waals surface area contributed by atoms with Crippen LogP contribution in [0.1, 0.15) is 18.5 Å². The second-order valence-corrected chi connectivity index (χ2v) is 6.31.